The third kappa shape index (κ3) is 2.81. The van der Waals surface area contributed by atoms with Crippen LogP contribution in [0.15, 0.2) is 52.5 Å². The Kier molecular flexibility index (Phi) is 3.84. The summed E-state index contributed by atoms with van der Waals surface area (Å²) in [5.74, 6) is -0.249. The van der Waals surface area contributed by atoms with Gasteiger partial charge in [-0.2, -0.15) is 0 Å². The lowest BCUT2D eigenvalue weighted by Crippen LogP contribution is -1.99. The first kappa shape index (κ1) is 12.4. The lowest BCUT2D eigenvalue weighted by Gasteiger charge is -2.05. The van der Waals surface area contributed by atoms with Crippen molar-refractivity contribution in [1.82, 2.24) is 4.98 Å². The molecule has 2 aromatic rings. The fraction of sp³-hybridized carbons (Fsp3) is 0.0769. The molecule has 0 fully saturated rings. The molecule has 0 aliphatic carbocycles. The summed E-state index contributed by atoms with van der Waals surface area (Å²) in [4.78, 5) is 16.0. The summed E-state index contributed by atoms with van der Waals surface area (Å²) in [5, 5.41) is 9.54. The number of aromatic carboxylic acids is 1. The van der Waals surface area contributed by atoms with E-state index in [1.54, 1.807) is 19.4 Å². The molecule has 0 saturated heterocycles. The van der Waals surface area contributed by atoms with E-state index in [0.717, 1.165) is 10.6 Å². The van der Waals surface area contributed by atoms with Gasteiger partial charge in [-0.05, 0) is 30.3 Å². The number of hydrogen-bond acceptors (Lipinski definition) is 4. The third-order valence-corrected chi connectivity index (χ3v) is 3.27. The van der Waals surface area contributed by atoms with Gasteiger partial charge >= 0.3 is 5.97 Å². The molecule has 1 N–H and O–H groups in total. The number of nitrogens with zero attached hydrogens (tertiary/aromatic N) is 1. The van der Waals surface area contributed by atoms with E-state index in [2.05, 4.69) is 4.98 Å². The molecule has 0 atom stereocenters. The van der Waals surface area contributed by atoms with Crippen LogP contribution in [0.3, 0.4) is 0 Å². The number of rotatable bonds is 4. The standard InChI is InChI=1S/C13H11NO3S/c1-17-9-4-2-5-10(8-9)18-12-11(13(15)16)6-3-7-14-12/h2-8H,1H3,(H,15,16). The number of methoxy groups -OCH3 is 1. The van der Waals surface area contributed by atoms with Crippen molar-refractivity contribution in [1.29, 1.82) is 0 Å². The highest BCUT2D eigenvalue weighted by Crippen LogP contribution is 2.30. The van der Waals surface area contributed by atoms with Crippen molar-refractivity contribution in [3.63, 3.8) is 0 Å². The molecule has 0 spiro atoms. The number of benzene rings is 1. The minimum atomic E-state index is -0.978. The summed E-state index contributed by atoms with van der Waals surface area (Å²) in [6.45, 7) is 0. The SMILES string of the molecule is COc1cccc(Sc2ncccc2C(=O)O)c1. The first-order chi connectivity index (χ1) is 8.70. The van der Waals surface area contributed by atoms with Crippen LogP contribution in [0.4, 0.5) is 0 Å². The zero-order valence-electron chi connectivity index (χ0n) is 9.66. The Balaban J connectivity index is 2.31. The Labute approximate surface area is 109 Å². The molecule has 0 aliphatic rings. The van der Waals surface area contributed by atoms with Crippen LogP contribution >= 0.6 is 11.8 Å². The van der Waals surface area contributed by atoms with Crippen molar-refractivity contribution in [3.8, 4) is 5.75 Å². The van der Waals surface area contributed by atoms with Gasteiger partial charge in [-0.1, -0.05) is 17.8 Å². The van der Waals surface area contributed by atoms with Crippen LogP contribution in [-0.4, -0.2) is 23.2 Å². The first-order valence-corrected chi connectivity index (χ1v) is 6.02. The van der Waals surface area contributed by atoms with Crippen molar-refractivity contribution in [2.75, 3.05) is 7.11 Å². The summed E-state index contributed by atoms with van der Waals surface area (Å²) in [6.07, 6.45) is 1.58. The van der Waals surface area contributed by atoms with Crippen LogP contribution in [0.1, 0.15) is 10.4 Å². The average Bonchev–Trinajstić information content (AvgIpc) is 2.39. The zero-order valence-corrected chi connectivity index (χ0v) is 10.5. The smallest absolute Gasteiger partial charge is 0.338 e. The van der Waals surface area contributed by atoms with Crippen molar-refractivity contribution in [2.45, 2.75) is 9.92 Å². The van der Waals surface area contributed by atoms with Gasteiger partial charge in [0, 0.05) is 11.1 Å². The largest absolute Gasteiger partial charge is 0.497 e. The minimum Gasteiger partial charge on any atom is -0.497 e. The normalized spacial score (nSPS) is 10.1. The minimum absolute atomic E-state index is 0.199. The van der Waals surface area contributed by atoms with Gasteiger partial charge in [0.05, 0.1) is 12.7 Å². The Morgan fingerprint density at radius 3 is 2.89 bits per heavy atom. The van der Waals surface area contributed by atoms with Crippen LogP contribution in [0, 0.1) is 0 Å². The topological polar surface area (TPSA) is 59.4 Å². The van der Waals surface area contributed by atoms with Crippen molar-refractivity contribution in [2.24, 2.45) is 0 Å². The summed E-state index contributed by atoms with van der Waals surface area (Å²) in [6, 6.07) is 10.6. The van der Waals surface area contributed by atoms with Gasteiger partial charge in [-0.3, -0.25) is 0 Å². The van der Waals surface area contributed by atoms with E-state index >= 15 is 0 Å². The number of aromatic nitrogens is 1. The predicted molar refractivity (Wildman–Crippen MR) is 68.3 cm³/mol. The van der Waals surface area contributed by atoms with Crippen LogP contribution in [0.25, 0.3) is 0 Å². The van der Waals surface area contributed by atoms with Gasteiger partial charge in [0.2, 0.25) is 0 Å². The molecule has 92 valence electrons. The van der Waals surface area contributed by atoms with Gasteiger partial charge < -0.3 is 9.84 Å². The average molecular weight is 261 g/mol. The highest BCUT2D eigenvalue weighted by Gasteiger charge is 2.11. The molecule has 1 aromatic carbocycles. The predicted octanol–water partition coefficient (Wildman–Crippen LogP) is 2.94. The summed E-state index contributed by atoms with van der Waals surface area (Å²) >= 11 is 1.30. The van der Waals surface area contributed by atoms with Crippen LogP contribution in [0.5, 0.6) is 5.75 Å². The van der Waals surface area contributed by atoms with E-state index in [0.29, 0.717) is 5.03 Å². The number of ether oxygens (including phenoxy) is 1. The lowest BCUT2D eigenvalue weighted by atomic mass is 10.3. The first-order valence-electron chi connectivity index (χ1n) is 5.21. The molecular weight excluding hydrogens is 250 g/mol. The second kappa shape index (κ2) is 5.55. The van der Waals surface area contributed by atoms with Crippen molar-refractivity contribution < 1.29 is 14.6 Å². The lowest BCUT2D eigenvalue weighted by molar-refractivity contribution is 0.0692. The van der Waals surface area contributed by atoms with Crippen LogP contribution < -0.4 is 4.74 Å². The maximum absolute atomic E-state index is 11.1. The van der Waals surface area contributed by atoms with E-state index in [9.17, 15) is 4.79 Å². The second-order valence-corrected chi connectivity index (χ2v) is 4.50. The van der Waals surface area contributed by atoms with E-state index in [1.165, 1.54) is 17.8 Å². The van der Waals surface area contributed by atoms with Crippen LogP contribution in [-0.2, 0) is 0 Å². The number of carboxylic acids is 1. The Bertz CT molecular complexity index is 572. The summed E-state index contributed by atoms with van der Waals surface area (Å²) < 4.78 is 5.12. The molecule has 5 heteroatoms. The fourth-order valence-electron chi connectivity index (χ4n) is 1.41. The molecule has 0 aliphatic heterocycles. The Hall–Kier alpha value is -2.01. The fourth-order valence-corrected chi connectivity index (χ4v) is 2.34. The second-order valence-electron chi connectivity index (χ2n) is 3.44. The Morgan fingerprint density at radius 1 is 1.33 bits per heavy atom. The molecular formula is C13H11NO3S. The summed E-state index contributed by atoms with van der Waals surface area (Å²) in [5.41, 5.74) is 0.199. The van der Waals surface area contributed by atoms with E-state index in [4.69, 9.17) is 9.84 Å². The van der Waals surface area contributed by atoms with Crippen molar-refractivity contribution >= 4 is 17.7 Å². The molecule has 0 bridgehead atoms. The van der Waals surface area contributed by atoms with Gasteiger partial charge in [-0.25, -0.2) is 9.78 Å². The maximum Gasteiger partial charge on any atom is 0.338 e. The molecule has 0 saturated carbocycles. The zero-order chi connectivity index (χ0) is 13.0. The van der Waals surface area contributed by atoms with Crippen molar-refractivity contribution in [3.05, 3.63) is 48.2 Å². The highest BCUT2D eigenvalue weighted by molar-refractivity contribution is 7.99. The monoisotopic (exact) mass is 261 g/mol. The van der Waals surface area contributed by atoms with Gasteiger partial charge in [0.1, 0.15) is 10.8 Å². The van der Waals surface area contributed by atoms with Gasteiger partial charge in [0.15, 0.2) is 0 Å². The van der Waals surface area contributed by atoms with Crippen LogP contribution in [0.2, 0.25) is 0 Å². The molecule has 2 rings (SSSR count). The molecule has 0 amide bonds. The molecule has 4 nitrogen and oxygen atoms in total. The summed E-state index contributed by atoms with van der Waals surface area (Å²) in [7, 11) is 1.59. The quantitative estimate of drug-likeness (QED) is 0.917. The molecule has 0 radical (unpaired) electrons. The van der Waals surface area contributed by atoms with Gasteiger partial charge in [0.25, 0.3) is 0 Å². The molecule has 0 unspecified atom stereocenters. The Morgan fingerprint density at radius 2 is 2.17 bits per heavy atom. The molecule has 1 aromatic heterocycles. The number of pyridine rings is 1. The van der Waals surface area contributed by atoms with E-state index in [1.807, 2.05) is 24.3 Å². The van der Waals surface area contributed by atoms with E-state index < -0.39 is 5.97 Å². The number of carboxylic acid groups (broad SMARTS) is 1. The number of hydrogen-bond donors (Lipinski definition) is 1. The maximum atomic E-state index is 11.1. The number of carbonyl (C=O) groups is 1. The highest BCUT2D eigenvalue weighted by atomic mass is 32.2. The molecule has 18 heavy (non-hydrogen) atoms. The van der Waals surface area contributed by atoms with Gasteiger partial charge in [-0.15, -0.1) is 0 Å². The third-order valence-electron chi connectivity index (χ3n) is 2.26. The molecule has 1 heterocycles. The van der Waals surface area contributed by atoms with E-state index in [-0.39, 0.29) is 5.56 Å².